The van der Waals surface area contributed by atoms with Gasteiger partial charge in [-0.15, -0.1) is 0 Å². The number of benzene rings is 2. The maximum absolute atomic E-state index is 9.99. The van der Waals surface area contributed by atoms with Gasteiger partial charge in [0, 0.05) is 11.1 Å². The predicted octanol–water partition coefficient (Wildman–Crippen LogP) is 5.05. The number of hydrogen-bond acceptors (Lipinski definition) is 7. The van der Waals surface area contributed by atoms with Crippen LogP contribution in [0.25, 0.3) is 6.08 Å². The zero-order chi connectivity index (χ0) is 24.2. The molecule has 2 aromatic carbocycles. The highest BCUT2D eigenvalue weighted by Crippen LogP contribution is 2.50. The summed E-state index contributed by atoms with van der Waals surface area (Å²) in [4.78, 5) is 0. The van der Waals surface area contributed by atoms with E-state index < -0.39 is 5.92 Å². The summed E-state index contributed by atoms with van der Waals surface area (Å²) in [7, 11) is 6.42. The van der Waals surface area contributed by atoms with Crippen LogP contribution < -0.4 is 24.7 Å². The molecule has 1 aliphatic heterocycles. The van der Waals surface area contributed by atoms with E-state index in [2.05, 4.69) is 6.07 Å². The van der Waals surface area contributed by atoms with E-state index in [0.717, 1.165) is 41.5 Å². The van der Waals surface area contributed by atoms with Crippen molar-refractivity contribution in [2.24, 2.45) is 5.73 Å². The Hall–Kier alpha value is -4.05. The molecular weight excluding hydrogens is 432 g/mol. The summed E-state index contributed by atoms with van der Waals surface area (Å²) in [6.45, 7) is 0. The predicted molar refractivity (Wildman–Crippen MR) is 129 cm³/mol. The average Bonchev–Trinajstić information content (AvgIpc) is 2.87. The molecular formula is C27H28N2O5. The first-order chi connectivity index (χ1) is 16.6. The summed E-state index contributed by atoms with van der Waals surface area (Å²) in [5.41, 5.74) is 10.3. The van der Waals surface area contributed by atoms with Gasteiger partial charge in [0.2, 0.25) is 5.88 Å². The Morgan fingerprint density at radius 1 is 0.941 bits per heavy atom. The number of para-hydroxylation sites is 2. The van der Waals surface area contributed by atoms with E-state index in [9.17, 15) is 5.26 Å². The van der Waals surface area contributed by atoms with Crippen LogP contribution in [0.4, 0.5) is 0 Å². The Balaban J connectivity index is 1.90. The molecule has 4 rings (SSSR count). The number of ether oxygens (including phenoxy) is 5. The van der Waals surface area contributed by atoms with Crippen LogP contribution in [0.5, 0.6) is 23.0 Å². The SMILES string of the molecule is COc1cccc(/C=C2/CCCC3=C2OC(N)=C(C#N)[C@@H]3c2cccc(OC)c2OC)c1OC. The third-order valence-electron chi connectivity index (χ3n) is 6.22. The Morgan fingerprint density at radius 2 is 1.62 bits per heavy atom. The largest absolute Gasteiger partial charge is 0.493 e. The smallest absolute Gasteiger partial charge is 0.205 e. The number of methoxy groups -OCH3 is 4. The quantitative estimate of drug-likeness (QED) is 0.644. The van der Waals surface area contributed by atoms with E-state index in [4.69, 9.17) is 29.4 Å². The molecule has 0 saturated heterocycles. The second kappa shape index (κ2) is 9.84. The first kappa shape index (κ1) is 23.1. The maximum Gasteiger partial charge on any atom is 0.205 e. The molecule has 1 aliphatic carbocycles. The van der Waals surface area contributed by atoms with E-state index in [1.165, 1.54) is 0 Å². The van der Waals surface area contributed by atoms with Gasteiger partial charge in [0.15, 0.2) is 23.0 Å². The Bertz CT molecular complexity index is 1240. The fourth-order valence-corrected chi connectivity index (χ4v) is 4.74. The van der Waals surface area contributed by atoms with Crippen molar-refractivity contribution in [3.8, 4) is 29.1 Å². The fraction of sp³-hybridized carbons (Fsp3) is 0.296. The highest BCUT2D eigenvalue weighted by Gasteiger charge is 2.37. The summed E-state index contributed by atoms with van der Waals surface area (Å²) >= 11 is 0. The molecule has 0 saturated carbocycles. The van der Waals surface area contributed by atoms with Crippen LogP contribution in [0.2, 0.25) is 0 Å². The zero-order valence-corrected chi connectivity index (χ0v) is 19.8. The van der Waals surface area contributed by atoms with E-state index in [0.29, 0.717) is 34.3 Å². The molecule has 176 valence electrons. The normalized spacial score (nSPS) is 18.7. The first-order valence-corrected chi connectivity index (χ1v) is 11.0. The zero-order valence-electron chi connectivity index (χ0n) is 19.8. The molecule has 0 bridgehead atoms. The molecule has 34 heavy (non-hydrogen) atoms. The summed E-state index contributed by atoms with van der Waals surface area (Å²) in [5, 5.41) is 9.99. The third-order valence-corrected chi connectivity index (χ3v) is 6.22. The van der Waals surface area contributed by atoms with Crippen molar-refractivity contribution in [2.75, 3.05) is 28.4 Å². The molecule has 0 unspecified atom stereocenters. The van der Waals surface area contributed by atoms with Crippen molar-refractivity contribution in [1.29, 1.82) is 5.26 Å². The molecule has 2 N–H and O–H groups in total. The van der Waals surface area contributed by atoms with Gasteiger partial charge in [-0.05, 0) is 48.6 Å². The van der Waals surface area contributed by atoms with E-state index in [1.807, 2.05) is 42.5 Å². The summed E-state index contributed by atoms with van der Waals surface area (Å²) in [6.07, 6.45) is 4.52. The van der Waals surface area contributed by atoms with Gasteiger partial charge in [-0.3, -0.25) is 0 Å². The van der Waals surface area contributed by atoms with Gasteiger partial charge in [-0.2, -0.15) is 5.26 Å². The number of nitrogens with zero attached hydrogens (tertiary/aromatic N) is 1. The Kier molecular flexibility index (Phi) is 6.69. The minimum absolute atomic E-state index is 0.0986. The molecule has 0 amide bonds. The van der Waals surface area contributed by atoms with Crippen LogP contribution in [0.3, 0.4) is 0 Å². The van der Waals surface area contributed by atoms with E-state index >= 15 is 0 Å². The highest BCUT2D eigenvalue weighted by molar-refractivity contribution is 5.69. The van der Waals surface area contributed by atoms with Crippen molar-refractivity contribution in [1.82, 2.24) is 0 Å². The van der Waals surface area contributed by atoms with Gasteiger partial charge in [0.1, 0.15) is 17.4 Å². The van der Waals surface area contributed by atoms with Crippen molar-refractivity contribution in [3.05, 3.63) is 75.9 Å². The van der Waals surface area contributed by atoms with Crippen LogP contribution in [0.15, 0.2) is 64.8 Å². The van der Waals surface area contributed by atoms with Gasteiger partial charge in [-0.25, -0.2) is 0 Å². The second-order valence-electron chi connectivity index (χ2n) is 7.97. The number of rotatable bonds is 6. The van der Waals surface area contributed by atoms with Crippen LogP contribution in [0, 0.1) is 11.3 Å². The van der Waals surface area contributed by atoms with Crippen LogP contribution in [-0.2, 0) is 4.74 Å². The molecule has 7 heteroatoms. The number of hydrogen-bond donors (Lipinski definition) is 1. The van der Waals surface area contributed by atoms with Crippen LogP contribution in [0.1, 0.15) is 36.3 Å². The summed E-state index contributed by atoms with van der Waals surface area (Å²) in [5.74, 6) is 2.87. The molecule has 7 nitrogen and oxygen atoms in total. The molecule has 1 heterocycles. The minimum Gasteiger partial charge on any atom is -0.493 e. The van der Waals surface area contributed by atoms with Gasteiger partial charge >= 0.3 is 0 Å². The molecule has 0 fully saturated rings. The molecule has 2 aromatic rings. The fourth-order valence-electron chi connectivity index (χ4n) is 4.74. The van der Waals surface area contributed by atoms with Gasteiger partial charge < -0.3 is 29.4 Å². The number of nitrogens with two attached hydrogens (primary N) is 1. The van der Waals surface area contributed by atoms with E-state index in [-0.39, 0.29) is 5.88 Å². The lowest BCUT2D eigenvalue weighted by molar-refractivity contribution is 0.276. The summed E-state index contributed by atoms with van der Waals surface area (Å²) < 4.78 is 28.4. The molecule has 0 radical (unpaired) electrons. The van der Waals surface area contributed by atoms with Gasteiger partial charge in [-0.1, -0.05) is 24.3 Å². The standard InChI is InChI=1S/C27H28N2O5/c1-30-21-12-6-9-17(25(21)32-3)14-16-8-5-10-18-23(20(15-28)27(29)34-24(16)18)19-11-7-13-22(31-2)26(19)33-4/h6-7,9,11-14,23H,5,8,10,29H2,1-4H3/b16-14-/t23-/m0/s1. The van der Waals surface area contributed by atoms with Crippen molar-refractivity contribution in [2.45, 2.75) is 25.2 Å². The van der Waals surface area contributed by atoms with E-state index in [1.54, 1.807) is 28.4 Å². The second-order valence-corrected chi connectivity index (χ2v) is 7.97. The maximum atomic E-state index is 9.99. The monoisotopic (exact) mass is 460 g/mol. The molecule has 2 aliphatic rings. The highest BCUT2D eigenvalue weighted by atomic mass is 16.5. The van der Waals surface area contributed by atoms with Crippen molar-refractivity contribution < 1.29 is 23.7 Å². The van der Waals surface area contributed by atoms with Gasteiger partial charge in [0.05, 0.1) is 34.4 Å². The number of nitriles is 1. The lowest BCUT2D eigenvalue weighted by Crippen LogP contribution is -2.24. The lowest BCUT2D eigenvalue weighted by atomic mass is 9.76. The lowest BCUT2D eigenvalue weighted by Gasteiger charge is -2.34. The summed E-state index contributed by atoms with van der Waals surface area (Å²) in [6, 6.07) is 13.7. The van der Waals surface area contributed by atoms with Crippen LogP contribution in [-0.4, -0.2) is 28.4 Å². The third kappa shape index (κ3) is 3.92. The van der Waals surface area contributed by atoms with Crippen LogP contribution >= 0.6 is 0 Å². The van der Waals surface area contributed by atoms with Crippen molar-refractivity contribution >= 4 is 6.08 Å². The Morgan fingerprint density at radius 3 is 2.26 bits per heavy atom. The first-order valence-electron chi connectivity index (χ1n) is 11.0. The minimum atomic E-state index is -0.394. The Labute approximate surface area is 199 Å². The molecule has 1 atom stereocenters. The average molecular weight is 461 g/mol. The topological polar surface area (TPSA) is 96.0 Å². The van der Waals surface area contributed by atoms with Crippen molar-refractivity contribution in [3.63, 3.8) is 0 Å². The molecule has 0 aromatic heterocycles. The molecule has 0 spiro atoms. The number of allylic oxidation sites excluding steroid dienone is 3. The van der Waals surface area contributed by atoms with Gasteiger partial charge in [0.25, 0.3) is 0 Å².